The highest BCUT2D eigenvalue weighted by molar-refractivity contribution is 7.18. The Morgan fingerprint density at radius 1 is 1.38 bits per heavy atom. The number of carbonyl (C=O) groups is 1. The van der Waals surface area contributed by atoms with Crippen LogP contribution in [0, 0.1) is 6.92 Å². The first-order valence-electron chi connectivity index (χ1n) is 4.83. The van der Waals surface area contributed by atoms with Gasteiger partial charge in [0, 0.05) is 12.5 Å². The summed E-state index contributed by atoms with van der Waals surface area (Å²) in [5.41, 5.74) is 2.20. The van der Waals surface area contributed by atoms with Crippen molar-refractivity contribution in [3.8, 4) is 10.6 Å². The molecule has 1 aromatic carbocycles. The van der Waals surface area contributed by atoms with E-state index in [1.54, 1.807) is 0 Å². The first-order chi connectivity index (χ1) is 7.65. The van der Waals surface area contributed by atoms with Gasteiger partial charge < -0.3 is 5.32 Å². The summed E-state index contributed by atoms with van der Waals surface area (Å²) in [6.45, 7) is 3.48. The minimum atomic E-state index is -0.132. The standard InChI is InChI=1S/C11H11N3OS/c1-7-4-3-5-9(6-7)10-13-14-11(16-10)12-8(2)15/h3-6H,1-2H3,(H,12,14,15). The van der Waals surface area contributed by atoms with E-state index in [2.05, 4.69) is 15.5 Å². The van der Waals surface area contributed by atoms with Crippen molar-refractivity contribution in [1.29, 1.82) is 0 Å². The molecule has 0 atom stereocenters. The molecule has 0 radical (unpaired) electrons. The molecule has 82 valence electrons. The lowest BCUT2D eigenvalue weighted by atomic mass is 10.1. The Kier molecular flexibility index (Phi) is 2.96. The fraction of sp³-hybridized carbons (Fsp3) is 0.182. The Morgan fingerprint density at radius 3 is 2.88 bits per heavy atom. The van der Waals surface area contributed by atoms with Crippen LogP contribution in [0.3, 0.4) is 0 Å². The number of aryl methyl sites for hydroxylation is 1. The van der Waals surface area contributed by atoms with E-state index < -0.39 is 0 Å². The van der Waals surface area contributed by atoms with Crippen LogP contribution < -0.4 is 5.32 Å². The van der Waals surface area contributed by atoms with Gasteiger partial charge in [0.15, 0.2) is 0 Å². The van der Waals surface area contributed by atoms with E-state index >= 15 is 0 Å². The summed E-state index contributed by atoms with van der Waals surface area (Å²) in [6, 6.07) is 8.02. The molecule has 1 heterocycles. The number of carbonyl (C=O) groups excluding carboxylic acids is 1. The van der Waals surface area contributed by atoms with Crippen molar-refractivity contribution < 1.29 is 4.79 Å². The van der Waals surface area contributed by atoms with Gasteiger partial charge in [0.25, 0.3) is 0 Å². The molecule has 2 rings (SSSR count). The molecular formula is C11H11N3OS. The van der Waals surface area contributed by atoms with Crippen molar-refractivity contribution in [1.82, 2.24) is 10.2 Å². The van der Waals surface area contributed by atoms with Crippen molar-refractivity contribution in [2.24, 2.45) is 0 Å². The number of nitrogens with zero attached hydrogens (tertiary/aromatic N) is 2. The third kappa shape index (κ3) is 2.43. The molecule has 0 aliphatic carbocycles. The summed E-state index contributed by atoms with van der Waals surface area (Å²) < 4.78 is 0. The van der Waals surface area contributed by atoms with Crippen LogP contribution in [0.2, 0.25) is 0 Å². The number of hydrogen-bond acceptors (Lipinski definition) is 4. The van der Waals surface area contributed by atoms with E-state index in [1.165, 1.54) is 23.8 Å². The van der Waals surface area contributed by atoms with Gasteiger partial charge in [-0.05, 0) is 13.0 Å². The number of rotatable bonds is 2. The number of amides is 1. The molecule has 0 fully saturated rings. The fourth-order valence-electron chi connectivity index (χ4n) is 1.32. The minimum Gasteiger partial charge on any atom is -0.301 e. The zero-order chi connectivity index (χ0) is 11.5. The van der Waals surface area contributed by atoms with Crippen LogP contribution in [0.4, 0.5) is 5.13 Å². The van der Waals surface area contributed by atoms with Gasteiger partial charge in [0.1, 0.15) is 5.01 Å². The normalized spacial score (nSPS) is 10.1. The smallest absolute Gasteiger partial charge is 0.223 e. The lowest BCUT2D eigenvalue weighted by molar-refractivity contribution is -0.114. The average molecular weight is 233 g/mol. The summed E-state index contributed by atoms with van der Waals surface area (Å²) in [5, 5.41) is 11.9. The lowest BCUT2D eigenvalue weighted by Gasteiger charge is -1.96. The predicted octanol–water partition coefficient (Wildman–Crippen LogP) is 2.47. The van der Waals surface area contributed by atoms with Crippen LogP contribution in [0.5, 0.6) is 0 Å². The lowest BCUT2D eigenvalue weighted by Crippen LogP contribution is -2.04. The Labute approximate surface area is 97.3 Å². The molecule has 5 heteroatoms. The second kappa shape index (κ2) is 4.40. The van der Waals surface area contributed by atoms with Crippen LogP contribution in [0.1, 0.15) is 12.5 Å². The van der Waals surface area contributed by atoms with Crippen LogP contribution in [-0.2, 0) is 4.79 Å². The average Bonchev–Trinajstić information content (AvgIpc) is 2.65. The number of hydrogen-bond donors (Lipinski definition) is 1. The van der Waals surface area contributed by atoms with E-state index in [-0.39, 0.29) is 5.91 Å². The molecule has 1 amide bonds. The maximum absolute atomic E-state index is 10.8. The molecule has 1 N–H and O–H groups in total. The highest BCUT2D eigenvalue weighted by Gasteiger charge is 2.07. The molecule has 0 saturated heterocycles. The quantitative estimate of drug-likeness (QED) is 0.867. The van der Waals surface area contributed by atoms with Crippen molar-refractivity contribution in [2.45, 2.75) is 13.8 Å². The Hall–Kier alpha value is -1.75. The highest BCUT2D eigenvalue weighted by atomic mass is 32.1. The van der Waals surface area contributed by atoms with Crippen molar-refractivity contribution in [3.63, 3.8) is 0 Å². The van der Waals surface area contributed by atoms with Gasteiger partial charge in [-0.3, -0.25) is 4.79 Å². The maximum Gasteiger partial charge on any atom is 0.223 e. The van der Waals surface area contributed by atoms with Gasteiger partial charge in [-0.25, -0.2) is 0 Å². The summed E-state index contributed by atoms with van der Waals surface area (Å²) in [6.07, 6.45) is 0. The Morgan fingerprint density at radius 2 is 2.19 bits per heavy atom. The molecule has 4 nitrogen and oxygen atoms in total. The van der Waals surface area contributed by atoms with Gasteiger partial charge >= 0.3 is 0 Å². The fourth-order valence-corrected chi connectivity index (χ4v) is 2.11. The van der Waals surface area contributed by atoms with E-state index in [1.807, 2.05) is 31.2 Å². The third-order valence-corrected chi connectivity index (χ3v) is 2.86. The molecular weight excluding hydrogens is 222 g/mol. The van der Waals surface area contributed by atoms with Crippen molar-refractivity contribution in [3.05, 3.63) is 29.8 Å². The number of aromatic nitrogens is 2. The predicted molar refractivity (Wildman–Crippen MR) is 64.4 cm³/mol. The largest absolute Gasteiger partial charge is 0.301 e. The van der Waals surface area contributed by atoms with Gasteiger partial charge in [-0.2, -0.15) is 0 Å². The highest BCUT2D eigenvalue weighted by Crippen LogP contribution is 2.26. The molecule has 0 aliphatic rings. The van der Waals surface area contributed by atoms with Gasteiger partial charge in [-0.15, -0.1) is 10.2 Å². The molecule has 0 aliphatic heterocycles. The second-order valence-electron chi connectivity index (χ2n) is 3.46. The number of anilines is 1. The SMILES string of the molecule is CC(=O)Nc1nnc(-c2cccc(C)c2)s1. The summed E-state index contributed by atoms with van der Waals surface area (Å²) in [4.78, 5) is 10.8. The van der Waals surface area contributed by atoms with Crippen LogP contribution in [0.15, 0.2) is 24.3 Å². The first kappa shape index (κ1) is 10.8. The molecule has 0 bridgehead atoms. The first-order valence-corrected chi connectivity index (χ1v) is 5.65. The van der Waals surface area contributed by atoms with Gasteiger partial charge in [0.2, 0.25) is 11.0 Å². The third-order valence-electron chi connectivity index (χ3n) is 1.97. The zero-order valence-electron chi connectivity index (χ0n) is 9.02. The van der Waals surface area contributed by atoms with E-state index in [9.17, 15) is 4.79 Å². The molecule has 2 aromatic rings. The van der Waals surface area contributed by atoms with Crippen molar-refractivity contribution in [2.75, 3.05) is 5.32 Å². The maximum atomic E-state index is 10.8. The number of nitrogens with one attached hydrogen (secondary N) is 1. The summed E-state index contributed by atoms with van der Waals surface area (Å²) >= 11 is 1.37. The van der Waals surface area contributed by atoms with Crippen LogP contribution in [-0.4, -0.2) is 16.1 Å². The topological polar surface area (TPSA) is 54.9 Å². The Balaban J connectivity index is 2.28. The van der Waals surface area contributed by atoms with Gasteiger partial charge in [0.05, 0.1) is 0 Å². The van der Waals surface area contributed by atoms with E-state index in [0.717, 1.165) is 10.6 Å². The molecule has 0 saturated carbocycles. The monoisotopic (exact) mass is 233 g/mol. The van der Waals surface area contributed by atoms with E-state index in [0.29, 0.717) is 5.13 Å². The van der Waals surface area contributed by atoms with Gasteiger partial charge in [-0.1, -0.05) is 35.1 Å². The zero-order valence-corrected chi connectivity index (χ0v) is 9.84. The molecule has 16 heavy (non-hydrogen) atoms. The van der Waals surface area contributed by atoms with Crippen LogP contribution in [0.25, 0.3) is 10.6 Å². The summed E-state index contributed by atoms with van der Waals surface area (Å²) in [5.74, 6) is -0.132. The summed E-state index contributed by atoms with van der Waals surface area (Å²) in [7, 11) is 0. The minimum absolute atomic E-state index is 0.132. The van der Waals surface area contributed by atoms with Crippen molar-refractivity contribution >= 4 is 22.4 Å². The van der Waals surface area contributed by atoms with Crippen LogP contribution >= 0.6 is 11.3 Å². The van der Waals surface area contributed by atoms with E-state index in [4.69, 9.17) is 0 Å². The molecule has 0 spiro atoms. The Bertz CT molecular complexity index is 521. The molecule has 0 unspecified atom stereocenters. The molecule has 1 aromatic heterocycles. The number of benzene rings is 1. The second-order valence-corrected chi connectivity index (χ2v) is 4.44.